The molecule has 2 N–H and O–H groups in total. The second kappa shape index (κ2) is 7.13. The van der Waals surface area contributed by atoms with E-state index in [1.54, 1.807) is 19.1 Å². The summed E-state index contributed by atoms with van der Waals surface area (Å²) in [4.78, 5) is 24.0. The average molecular weight is 321 g/mol. The summed E-state index contributed by atoms with van der Waals surface area (Å²) < 4.78 is 4.98. The second-order valence-electron chi connectivity index (χ2n) is 4.92. The monoisotopic (exact) mass is 320 g/mol. The smallest absolute Gasteiger partial charge is 0.287 e. The predicted molar refractivity (Wildman–Crippen MR) is 83.6 cm³/mol. The van der Waals surface area contributed by atoms with Crippen molar-refractivity contribution < 1.29 is 14.0 Å². The number of carbonyl (C=O) groups excluding carboxylic acids is 2. The molecule has 0 aliphatic rings. The molecule has 1 heterocycles. The quantitative estimate of drug-likeness (QED) is 0.889. The van der Waals surface area contributed by atoms with Crippen LogP contribution >= 0.6 is 11.6 Å². The van der Waals surface area contributed by atoms with E-state index < -0.39 is 11.9 Å². The lowest BCUT2D eigenvalue weighted by molar-refractivity contribution is -0.123. The molecule has 2 rings (SSSR count). The van der Waals surface area contributed by atoms with Gasteiger partial charge in [-0.3, -0.25) is 9.59 Å². The Labute approximate surface area is 133 Å². The van der Waals surface area contributed by atoms with Gasteiger partial charge in [0, 0.05) is 5.02 Å². The fourth-order valence-electron chi connectivity index (χ4n) is 1.98. The van der Waals surface area contributed by atoms with Crippen LogP contribution in [0.1, 0.15) is 36.0 Å². The lowest BCUT2D eigenvalue weighted by Crippen LogP contribution is -2.45. The topological polar surface area (TPSA) is 71.3 Å². The molecule has 0 saturated carbocycles. The van der Waals surface area contributed by atoms with E-state index in [9.17, 15) is 9.59 Å². The Bertz CT molecular complexity index is 655. The van der Waals surface area contributed by atoms with Crippen LogP contribution < -0.4 is 10.6 Å². The van der Waals surface area contributed by atoms with Gasteiger partial charge in [0.25, 0.3) is 5.91 Å². The molecule has 1 aromatic carbocycles. The van der Waals surface area contributed by atoms with E-state index in [-0.39, 0.29) is 17.7 Å². The number of benzene rings is 1. The molecule has 116 valence electrons. The summed E-state index contributed by atoms with van der Waals surface area (Å²) in [6, 6.07) is 9.48. The van der Waals surface area contributed by atoms with Crippen LogP contribution in [0, 0.1) is 0 Å². The van der Waals surface area contributed by atoms with Crippen molar-refractivity contribution in [3.8, 4) is 0 Å². The van der Waals surface area contributed by atoms with Crippen LogP contribution in [-0.2, 0) is 4.79 Å². The molecule has 1 aromatic heterocycles. The minimum atomic E-state index is -0.692. The Balaban J connectivity index is 1.94. The van der Waals surface area contributed by atoms with Crippen molar-refractivity contribution in [3.05, 3.63) is 59.0 Å². The third kappa shape index (κ3) is 3.89. The van der Waals surface area contributed by atoms with Crippen molar-refractivity contribution in [3.63, 3.8) is 0 Å². The van der Waals surface area contributed by atoms with Crippen molar-refractivity contribution in [1.82, 2.24) is 10.6 Å². The van der Waals surface area contributed by atoms with E-state index >= 15 is 0 Å². The Morgan fingerprint density at radius 2 is 1.82 bits per heavy atom. The first-order valence-electron chi connectivity index (χ1n) is 6.88. The molecule has 22 heavy (non-hydrogen) atoms. The highest BCUT2D eigenvalue weighted by atomic mass is 35.5. The first-order valence-corrected chi connectivity index (χ1v) is 7.26. The Hall–Kier alpha value is -2.27. The number of carbonyl (C=O) groups is 2. The normalized spacial score (nSPS) is 13.2. The highest BCUT2D eigenvalue weighted by Gasteiger charge is 2.20. The van der Waals surface area contributed by atoms with Gasteiger partial charge in [-0.25, -0.2) is 0 Å². The molecule has 5 nitrogen and oxygen atoms in total. The van der Waals surface area contributed by atoms with Crippen LogP contribution in [0.15, 0.2) is 47.1 Å². The van der Waals surface area contributed by atoms with E-state index in [2.05, 4.69) is 10.6 Å². The first kappa shape index (κ1) is 16.1. The van der Waals surface area contributed by atoms with Crippen LogP contribution in [0.25, 0.3) is 0 Å². The van der Waals surface area contributed by atoms with Gasteiger partial charge in [0.05, 0.1) is 12.3 Å². The lowest BCUT2D eigenvalue weighted by Gasteiger charge is -2.19. The maximum Gasteiger partial charge on any atom is 0.287 e. The molecular weight excluding hydrogens is 304 g/mol. The number of nitrogens with one attached hydrogen (secondary N) is 2. The van der Waals surface area contributed by atoms with E-state index in [0.717, 1.165) is 5.56 Å². The second-order valence-corrected chi connectivity index (χ2v) is 5.33. The fourth-order valence-corrected chi connectivity index (χ4v) is 2.28. The number of hydrogen-bond acceptors (Lipinski definition) is 3. The standard InChI is InChI=1S/C16H17ClN2O3/c1-10(12-6-3-4-7-13(12)17)18-15(20)11(2)19-16(21)14-8-5-9-22-14/h3-11H,1-2H3,(H,18,20)(H,19,21). The van der Waals surface area contributed by atoms with Gasteiger partial charge in [0.1, 0.15) is 6.04 Å². The summed E-state index contributed by atoms with van der Waals surface area (Å²) in [5, 5.41) is 5.98. The zero-order chi connectivity index (χ0) is 16.1. The summed E-state index contributed by atoms with van der Waals surface area (Å²) in [7, 11) is 0. The zero-order valence-corrected chi connectivity index (χ0v) is 13.1. The van der Waals surface area contributed by atoms with Crippen molar-refractivity contribution in [2.24, 2.45) is 0 Å². The molecule has 0 radical (unpaired) electrons. The molecule has 0 spiro atoms. The van der Waals surface area contributed by atoms with Gasteiger partial charge in [-0.1, -0.05) is 29.8 Å². The largest absolute Gasteiger partial charge is 0.459 e. The Morgan fingerprint density at radius 3 is 2.45 bits per heavy atom. The summed E-state index contributed by atoms with van der Waals surface area (Å²) in [6.45, 7) is 3.44. The maximum atomic E-state index is 12.1. The van der Waals surface area contributed by atoms with Crippen molar-refractivity contribution in [2.75, 3.05) is 0 Å². The van der Waals surface area contributed by atoms with Crippen molar-refractivity contribution >= 4 is 23.4 Å². The summed E-state index contributed by atoms with van der Waals surface area (Å²) >= 11 is 6.10. The average Bonchev–Trinajstić information content (AvgIpc) is 3.01. The van der Waals surface area contributed by atoms with Crippen LogP contribution in [-0.4, -0.2) is 17.9 Å². The Morgan fingerprint density at radius 1 is 1.09 bits per heavy atom. The molecule has 2 aromatic rings. The van der Waals surface area contributed by atoms with Crippen LogP contribution in [0.5, 0.6) is 0 Å². The van der Waals surface area contributed by atoms with Gasteiger partial charge in [0.2, 0.25) is 5.91 Å². The van der Waals surface area contributed by atoms with Crippen molar-refractivity contribution in [2.45, 2.75) is 25.9 Å². The van der Waals surface area contributed by atoms with Crippen LogP contribution in [0.2, 0.25) is 5.02 Å². The van der Waals surface area contributed by atoms with E-state index in [0.29, 0.717) is 5.02 Å². The molecule has 0 aliphatic heterocycles. The summed E-state index contributed by atoms with van der Waals surface area (Å²) in [5.41, 5.74) is 0.821. The van der Waals surface area contributed by atoms with Gasteiger partial charge in [0.15, 0.2) is 5.76 Å². The number of halogens is 1. The molecule has 0 aliphatic carbocycles. The third-order valence-corrected chi connectivity index (χ3v) is 3.56. The van der Waals surface area contributed by atoms with Gasteiger partial charge in [-0.2, -0.15) is 0 Å². The molecule has 0 saturated heterocycles. The van der Waals surface area contributed by atoms with E-state index in [1.807, 2.05) is 25.1 Å². The molecule has 2 amide bonds. The maximum absolute atomic E-state index is 12.1. The molecule has 2 unspecified atom stereocenters. The third-order valence-electron chi connectivity index (χ3n) is 3.22. The lowest BCUT2D eigenvalue weighted by atomic mass is 10.1. The highest BCUT2D eigenvalue weighted by molar-refractivity contribution is 6.31. The predicted octanol–water partition coefficient (Wildman–Crippen LogP) is 2.93. The van der Waals surface area contributed by atoms with Crippen LogP contribution in [0.4, 0.5) is 0 Å². The fraction of sp³-hybridized carbons (Fsp3) is 0.250. The van der Waals surface area contributed by atoms with Crippen LogP contribution in [0.3, 0.4) is 0 Å². The van der Waals surface area contributed by atoms with Gasteiger partial charge in [-0.15, -0.1) is 0 Å². The highest BCUT2D eigenvalue weighted by Crippen LogP contribution is 2.22. The molecule has 6 heteroatoms. The summed E-state index contributed by atoms with van der Waals surface area (Å²) in [5.74, 6) is -0.566. The molecule has 2 atom stereocenters. The first-order chi connectivity index (χ1) is 10.5. The Kier molecular flexibility index (Phi) is 5.22. The minimum absolute atomic E-state index is 0.166. The minimum Gasteiger partial charge on any atom is -0.459 e. The molecular formula is C16H17ClN2O3. The zero-order valence-electron chi connectivity index (χ0n) is 12.3. The van der Waals surface area contributed by atoms with Crippen molar-refractivity contribution in [1.29, 1.82) is 0 Å². The van der Waals surface area contributed by atoms with Gasteiger partial charge >= 0.3 is 0 Å². The number of rotatable bonds is 5. The van der Waals surface area contributed by atoms with E-state index in [1.165, 1.54) is 12.3 Å². The molecule has 0 bridgehead atoms. The SMILES string of the molecule is CC(NC(=O)c1ccco1)C(=O)NC(C)c1ccccc1Cl. The molecule has 0 fully saturated rings. The van der Waals surface area contributed by atoms with E-state index in [4.69, 9.17) is 16.0 Å². The number of amides is 2. The summed E-state index contributed by atoms with van der Waals surface area (Å²) in [6.07, 6.45) is 1.40. The van der Waals surface area contributed by atoms with Gasteiger partial charge < -0.3 is 15.1 Å². The number of furan rings is 1. The van der Waals surface area contributed by atoms with Gasteiger partial charge in [-0.05, 0) is 37.6 Å². The number of hydrogen-bond donors (Lipinski definition) is 2.